The number of ether oxygens (including phenoxy) is 2. The quantitative estimate of drug-likeness (QED) is 0.163. The minimum Gasteiger partial charge on any atom is -0.497 e. The van der Waals surface area contributed by atoms with Crippen molar-refractivity contribution in [3.8, 4) is 11.5 Å². The molecule has 38 heavy (non-hydrogen) atoms. The highest BCUT2D eigenvalue weighted by molar-refractivity contribution is 5.94. The second kappa shape index (κ2) is 14.5. The Bertz CT molecular complexity index is 1190. The molecule has 0 N–H and O–H groups in total. The molecule has 0 aliphatic carbocycles. The molecule has 1 amide bonds. The Morgan fingerprint density at radius 3 is 2.37 bits per heavy atom. The number of hydrogen-bond acceptors (Lipinski definition) is 7. The van der Waals surface area contributed by atoms with Gasteiger partial charge in [0.1, 0.15) is 17.7 Å². The average molecular weight is 522 g/mol. The normalized spacial score (nSPS) is 11.2. The SMILES string of the molecule is COc1cc(CCN(C)CCCCN(C(=O)C/C=C/n2cnc([N+](=O)[O-])c2)c2ccccc2)cc(OC)c1. The summed E-state index contributed by atoms with van der Waals surface area (Å²) < 4.78 is 12.2. The molecule has 0 spiro atoms. The van der Waals surface area contributed by atoms with Crippen LogP contribution in [0.1, 0.15) is 24.8 Å². The number of unbranched alkanes of at least 4 members (excludes halogenated alkanes) is 1. The number of nitro groups is 1. The average Bonchev–Trinajstić information content (AvgIpc) is 3.41. The van der Waals surface area contributed by atoms with Crippen LogP contribution in [-0.4, -0.2) is 66.2 Å². The summed E-state index contributed by atoms with van der Waals surface area (Å²) in [5, 5.41) is 10.8. The number of carbonyl (C=O) groups excluding carboxylic acids is 1. The van der Waals surface area contributed by atoms with Crippen LogP contribution in [0, 0.1) is 10.1 Å². The molecule has 0 atom stereocenters. The van der Waals surface area contributed by atoms with Gasteiger partial charge in [-0.05, 0) is 72.6 Å². The van der Waals surface area contributed by atoms with Crippen molar-refractivity contribution in [3.05, 3.63) is 82.8 Å². The molecule has 0 unspecified atom stereocenters. The van der Waals surface area contributed by atoms with Crippen LogP contribution < -0.4 is 14.4 Å². The maximum atomic E-state index is 13.1. The number of benzene rings is 2. The number of carbonyl (C=O) groups is 1. The molecule has 0 fully saturated rings. The molecule has 202 valence electrons. The Kier molecular flexibility index (Phi) is 10.9. The van der Waals surface area contributed by atoms with Crippen molar-refractivity contribution >= 4 is 23.6 Å². The van der Waals surface area contributed by atoms with Crippen molar-refractivity contribution in [2.45, 2.75) is 25.7 Å². The molecule has 10 nitrogen and oxygen atoms in total. The lowest BCUT2D eigenvalue weighted by Gasteiger charge is -2.23. The van der Waals surface area contributed by atoms with E-state index in [4.69, 9.17) is 9.47 Å². The Hall–Kier alpha value is -4.18. The van der Waals surface area contributed by atoms with Gasteiger partial charge in [0.15, 0.2) is 0 Å². The standard InChI is InChI=1S/C28H35N5O5/c1-30(17-13-23-18-25(37-2)20-26(19-23)38-3)14-7-8-16-32(24-10-5-4-6-11-24)28(34)12-9-15-31-21-27(29-22-31)33(35)36/h4-6,9-11,15,18-22H,7-8,12-14,16-17H2,1-3H3/b15-9+. The van der Waals surface area contributed by atoms with Gasteiger partial charge < -0.3 is 29.4 Å². The number of amides is 1. The third kappa shape index (κ3) is 8.74. The van der Waals surface area contributed by atoms with Gasteiger partial charge in [0.2, 0.25) is 12.2 Å². The fourth-order valence-electron chi connectivity index (χ4n) is 3.99. The molecule has 2 aromatic carbocycles. The van der Waals surface area contributed by atoms with Crippen molar-refractivity contribution in [2.24, 2.45) is 0 Å². The lowest BCUT2D eigenvalue weighted by atomic mass is 10.1. The van der Waals surface area contributed by atoms with Gasteiger partial charge in [-0.2, -0.15) is 0 Å². The lowest BCUT2D eigenvalue weighted by molar-refractivity contribution is -0.389. The summed E-state index contributed by atoms with van der Waals surface area (Å²) in [4.78, 5) is 31.1. The van der Waals surface area contributed by atoms with Crippen LogP contribution >= 0.6 is 0 Å². The topological polar surface area (TPSA) is 103 Å². The van der Waals surface area contributed by atoms with Gasteiger partial charge in [-0.15, -0.1) is 0 Å². The van der Waals surface area contributed by atoms with E-state index < -0.39 is 4.92 Å². The van der Waals surface area contributed by atoms with E-state index in [0.29, 0.717) is 6.54 Å². The molecule has 0 aliphatic heterocycles. The van der Waals surface area contributed by atoms with Gasteiger partial charge in [0, 0.05) is 37.5 Å². The number of rotatable bonds is 15. The minimum absolute atomic E-state index is 0.0395. The first-order valence-corrected chi connectivity index (χ1v) is 12.5. The molecular formula is C28H35N5O5. The number of imidazole rings is 1. The van der Waals surface area contributed by atoms with E-state index in [0.717, 1.165) is 55.1 Å². The summed E-state index contributed by atoms with van der Waals surface area (Å²) in [6, 6.07) is 15.5. The smallest absolute Gasteiger partial charge is 0.381 e. The minimum atomic E-state index is -0.556. The molecule has 3 aromatic rings. The first-order chi connectivity index (χ1) is 18.4. The number of anilines is 1. The van der Waals surface area contributed by atoms with Crippen molar-refractivity contribution in [2.75, 3.05) is 45.8 Å². The molecule has 1 aromatic heterocycles. The second-order valence-corrected chi connectivity index (χ2v) is 8.89. The van der Waals surface area contributed by atoms with Crippen LogP contribution in [0.4, 0.5) is 11.5 Å². The zero-order chi connectivity index (χ0) is 27.3. The van der Waals surface area contributed by atoms with Crippen LogP contribution in [0.3, 0.4) is 0 Å². The highest BCUT2D eigenvalue weighted by Crippen LogP contribution is 2.23. The third-order valence-corrected chi connectivity index (χ3v) is 6.08. The van der Waals surface area contributed by atoms with Crippen molar-refractivity contribution in [1.29, 1.82) is 0 Å². The van der Waals surface area contributed by atoms with Gasteiger partial charge >= 0.3 is 5.82 Å². The van der Waals surface area contributed by atoms with Gasteiger partial charge in [0.25, 0.3) is 0 Å². The molecule has 0 aliphatic rings. The molecular weight excluding hydrogens is 486 g/mol. The van der Waals surface area contributed by atoms with Crippen LogP contribution in [0.5, 0.6) is 11.5 Å². The fraction of sp³-hybridized carbons (Fsp3) is 0.357. The van der Waals surface area contributed by atoms with Crippen molar-refractivity contribution in [3.63, 3.8) is 0 Å². The van der Waals surface area contributed by atoms with Crippen LogP contribution in [0.25, 0.3) is 6.20 Å². The predicted molar refractivity (Wildman–Crippen MR) is 148 cm³/mol. The van der Waals surface area contributed by atoms with Gasteiger partial charge in [0.05, 0.1) is 14.2 Å². The first-order valence-electron chi connectivity index (χ1n) is 12.5. The van der Waals surface area contributed by atoms with Crippen LogP contribution in [-0.2, 0) is 11.2 Å². The largest absolute Gasteiger partial charge is 0.497 e. The van der Waals surface area contributed by atoms with Crippen molar-refractivity contribution < 1.29 is 19.2 Å². The Morgan fingerprint density at radius 1 is 1.05 bits per heavy atom. The zero-order valence-corrected chi connectivity index (χ0v) is 22.2. The fourth-order valence-corrected chi connectivity index (χ4v) is 3.99. The van der Waals surface area contributed by atoms with E-state index >= 15 is 0 Å². The number of hydrogen-bond donors (Lipinski definition) is 0. The van der Waals surface area contributed by atoms with Gasteiger partial charge in [-0.1, -0.05) is 24.3 Å². The Balaban J connectivity index is 1.49. The number of nitrogens with zero attached hydrogens (tertiary/aromatic N) is 5. The summed E-state index contributed by atoms with van der Waals surface area (Å²) in [7, 11) is 5.40. The third-order valence-electron chi connectivity index (χ3n) is 6.08. The summed E-state index contributed by atoms with van der Waals surface area (Å²) in [5.41, 5.74) is 2.01. The Morgan fingerprint density at radius 2 is 1.74 bits per heavy atom. The molecule has 10 heteroatoms. The van der Waals surface area contributed by atoms with Crippen LogP contribution in [0.2, 0.25) is 0 Å². The molecule has 0 bridgehead atoms. The van der Waals surface area contributed by atoms with E-state index in [9.17, 15) is 14.9 Å². The van der Waals surface area contributed by atoms with E-state index in [2.05, 4.69) is 16.9 Å². The first kappa shape index (κ1) is 28.4. The van der Waals surface area contributed by atoms with Gasteiger partial charge in [-0.3, -0.25) is 9.36 Å². The lowest BCUT2D eigenvalue weighted by Crippen LogP contribution is -2.32. The number of aromatic nitrogens is 2. The van der Waals surface area contributed by atoms with E-state index in [1.807, 2.05) is 48.5 Å². The summed E-state index contributed by atoms with van der Waals surface area (Å²) in [5.74, 6) is 1.30. The van der Waals surface area contributed by atoms with Gasteiger partial charge in [-0.25, -0.2) is 0 Å². The maximum absolute atomic E-state index is 13.1. The van der Waals surface area contributed by atoms with Crippen LogP contribution in [0.15, 0.2) is 67.1 Å². The summed E-state index contributed by atoms with van der Waals surface area (Å²) >= 11 is 0. The number of methoxy groups -OCH3 is 2. The number of likely N-dealkylation sites (N-methyl/N-ethyl adjacent to an activating group) is 1. The zero-order valence-electron chi connectivity index (χ0n) is 22.2. The number of para-hydroxylation sites is 1. The van der Waals surface area contributed by atoms with E-state index in [1.165, 1.54) is 17.1 Å². The molecule has 0 saturated heterocycles. The predicted octanol–water partition coefficient (Wildman–Crippen LogP) is 4.66. The van der Waals surface area contributed by atoms with E-state index in [-0.39, 0.29) is 18.1 Å². The maximum Gasteiger partial charge on any atom is 0.381 e. The summed E-state index contributed by atoms with van der Waals surface area (Å²) in [6.07, 6.45) is 8.79. The summed E-state index contributed by atoms with van der Waals surface area (Å²) in [6.45, 7) is 2.42. The highest BCUT2D eigenvalue weighted by Gasteiger charge is 2.15. The molecule has 0 radical (unpaired) electrons. The second-order valence-electron chi connectivity index (χ2n) is 8.89. The molecule has 0 saturated carbocycles. The highest BCUT2D eigenvalue weighted by atomic mass is 16.6. The monoisotopic (exact) mass is 521 g/mol. The molecule has 3 rings (SSSR count). The molecule has 1 heterocycles. The Labute approximate surface area is 223 Å². The van der Waals surface area contributed by atoms with Crippen molar-refractivity contribution in [1.82, 2.24) is 14.5 Å². The van der Waals surface area contributed by atoms with E-state index in [1.54, 1.807) is 31.4 Å².